The number of amides is 1. The third kappa shape index (κ3) is 4.49. The van der Waals surface area contributed by atoms with Gasteiger partial charge < -0.3 is 16.0 Å². The van der Waals surface area contributed by atoms with Crippen molar-refractivity contribution in [2.24, 2.45) is 12.8 Å². The van der Waals surface area contributed by atoms with Crippen LogP contribution in [0.5, 0.6) is 0 Å². The lowest BCUT2D eigenvalue weighted by Crippen LogP contribution is -2.36. The molecule has 160 valence electrons. The highest BCUT2D eigenvalue weighted by atomic mass is 16.2. The maximum atomic E-state index is 13.3. The average Bonchev–Trinajstić information content (AvgIpc) is 3.21. The molecule has 3 aromatic rings. The Kier molecular flexibility index (Phi) is 6.08. The van der Waals surface area contributed by atoms with E-state index in [9.17, 15) is 9.59 Å². The smallest absolute Gasteiger partial charge is 0.279 e. The fraction of sp³-hybridized carbons (Fsp3) is 0.304. The zero-order valence-electron chi connectivity index (χ0n) is 17.5. The summed E-state index contributed by atoms with van der Waals surface area (Å²) in [5, 5.41) is 3.22. The number of rotatable bonds is 7. The van der Waals surface area contributed by atoms with Gasteiger partial charge in [-0.2, -0.15) is 0 Å². The second-order valence-electron chi connectivity index (χ2n) is 7.71. The zero-order chi connectivity index (χ0) is 21.8. The molecule has 1 aliphatic heterocycles. The quantitative estimate of drug-likeness (QED) is 0.608. The summed E-state index contributed by atoms with van der Waals surface area (Å²) in [6.07, 6.45) is 5.17. The van der Waals surface area contributed by atoms with E-state index in [-0.39, 0.29) is 17.5 Å². The predicted octanol–water partition coefficient (Wildman–Crippen LogP) is 1.95. The number of hydrogen-bond donors (Lipinski definition) is 2. The number of anilines is 2. The van der Waals surface area contributed by atoms with Crippen molar-refractivity contribution in [3.05, 3.63) is 70.8 Å². The van der Waals surface area contributed by atoms with Crippen molar-refractivity contribution >= 4 is 17.5 Å². The Morgan fingerprint density at radius 1 is 1.13 bits per heavy atom. The number of carbonyl (C=O) groups is 1. The van der Waals surface area contributed by atoms with Gasteiger partial charge in [0, 0.05) is 50.6 Å². The molecule has 31 heavy (non-hydrogen) atoms. The van der Waals surface area contributed by atoms with Crippen LogP contribution in [0.25, 0.3) is 11.3 Å². The van der Waals surface area contributed by atoms with E-state index < -0.39 is 0 Å². The lowest BCUT2D eigenvalue weighted by molar-refractivity contribution is -0.117. The standard InChI is InChI=1S/C23H26N6O2/c1-28-22(31)21(29-13-5-8-19(29)30)20(17-9-11-25-12-10-17)27-23(28)26-15-18(24)14-16-6-3-2-4-7-16/h2-4,6-7,9-12,18H,5,8,13-15,24H2,1H3,(H,26,27)/t18-/m1/s1. The van der Waals surface area contributed by atoms with E-state index in [1.165, 1.54) is 4.57 Å². The summed E-state index contributed by atoms with van der Waals surface area (Å²) >= 11 is 0. The van der Waals surface area contributed by atoms with Crippen LogP contribution in [0.1, 0.15) is 18.4 Å². The topological polar surface area (TPSA) is 106 Å². The van der Waals surface area contributed by atoms with Crippen LogP contribution < -0.4 is 21.5 Å². The molecular formula is C23H26N6O2. The summed E-state index contributed by atoms with van der Waals surface area (Å²) in [5.74, 6) is 0.357. The number of pyridine rings is 1. The van der Waals surface area contributed by atoms with Crippen molar-refractivity contribution in [3.8, 4) is 11.3 Å². The van der Waals surface area contributed by atoms with Crippen LogP contribution in [-0.2, 0) is 18.3 Å². The van der Waals surface area contributed by atoms with Crippen LogP contribution in [0.2, 0.25) is 0 Å². The van der Waals surface area contributed by atoms with Gasteiger partial charge in [0.1, 0.15) is 11.4 Å². The third-order valence-corrected chi connectivity index (χ3v) is 5.43. The Balaban J connectivity index is 1.65. The van der Waals surface area contributed by atoms with Crippen molar-refractivity contribution < 1.29 is 4.79 Å². The Hall–Kier alpha value is -3.52. The minimum atomic E-state index is -0.267. The highest BCUT2D eigenvalue weighted by molar-refractivity contribution is 5.98. The summed E-state index contributed by atoms with van der Waals surface area (Å²) < 4.78 is 1.45. The van der Waals surface area contributed by atoms with Crippen molar-refractivity contribution in [3.63, 3.8) is 0 Å². The number of benzene rings is 1. The molecule has 2 aromatic heterocycles. The summed E-state index contributed by atoms with van der Waals surface area (Å²) in [6.45, 7) is 0.968. The molecule has 0 radical (unpaired) electrons. The first kappa shape index (κ1) is 20.7. The highest BCUT2D eigenvalue weighted by Crippen LogP contribution is 2.29. The van der Waals surface area contributed by atoms with Gasteiger partial charge in [-0.05, 0) is 30.5 Å². The fourth-order valence-corrected chi connectivity index (χ4v) is 3.80. The van der Waals surface area contributed by atoms with Gasteiger partial charge in [-0.15, -0.1) is 0 Å². The molecule has 0 unspecified atom stereocenters. The Labute approximate surface area is 180 Å². The minimum Gasteiger partial charge on any atom is -0.354 e. The van der Waals surface area contributed by atoms with Crippen LogP contribution in [-0.4, -0.2) is 39.6 Å². The normalized spacial score (nSPS) is 14.6. The second-order valence-corrected chi connectivity index (χ2v) is 7.71. The molecule has 8 nitrogen and oxygen atoms in total. The van der Waals surface area contributed by atoms with Crippen LogP contribution in [0.3, 0.4) is 0 Å². The summed E-state index contributed by atoms with van der Waals surface area (Å²) in [6, 6.07) is 13.5. The van der Waals surface area contributed by atoms with Crippen LogP contribution in [0, 0.1) is 0 Å². The first-order valence-corrected chi connectivity index (χ1v) is 10.4. The predicted molar refractivity (Wildman–Crippen MR) is 121 cm³/mol. The van der Waals surface area contributed by atoms with Gasteiger partial charge in [-0.25, -0.2) is 4.98 Å². The lowest BCUT2D eigenvalue weighted by atomic mass is 10.1. The van der Waals surface area contributed by atoms with Crippen molar-refractivity contribution in [2.75, 3.05) is 23.3 Å². The largest absolute Gasteiger partial charge is 0.354 e. The molecule has 1 saturated heterocycles. The molecule has 1 aromatic carbocycles. The third-order valence-electron chi connectivity index (χ3n) is 5.43. The minimum absolute atomic E-state index is 0.0557. The van der Waals surface area contributed by atoms with Gasteiger partial charge in [0.15, 0.2) is 0 Å². The average molecular weight is 419 g/mol. The number of carbonyl (C=O) groups excluding carboxylic acids is 1. The maximum absolute atomic E-state index is 13.3. The Morgan fingerprint density at radius 3 is 2.55 bits per heavy atom. The van der Waals surface area contributed by atoms with Gasteiger partial charge in [-0.3, -0.25) is 19.1 Å². The van der Waals surface area contributed by atoms with Crippen LogP contribution >= 0.6 is 0 Å². The summed E-state index contributed by atoms with van der Waals surface area (Å²) in [7, 11) is 1.65. The number of hydrogen-bond acceptors (Lipinski definition) is 6. The van der Waals surface area contributed by atoms with Gasteiger partial charge in [-0.1, -0.05) is 30.3 Å². The molecule has 0 saturated carbocycles. The van der Waals surface area contributed by atoms with Crippen LogP contribution in [0.15, 0.2) is 59.7 Å². The molecule has 0 spiro atoms. The molecule has 8 heteroatoms. The van der Waals surface area contributed by atoms with E-state index in [2.05, 4.69) is 10.3 Å². The second kappa shape index (κ2) is 9.09. The molecule has 1 atom stereocenters. The molecule has 0 aliphatic carbocycles. The Bertz CT molecular complexity index is 1110. The molecule has 1 amide bonds. The molecule has 4 rings (SSSR count). The van der Waals surface area contributed by atoms with Crippen molar-refractivity contribution in [2.45, 2.75) is 25.3 Å². The maximum Gasteiger partial charge on any atom is 0.279 e. The molecule has 1 aliphatic rings. The van der Waals surface area contributed by atoms with Crippen molar-refractivity contribution in [1.29, 1.82) is 0 Å². The van der Waals surface area contributed by atoms with E-state index >= 15 is 0 Å². The van der Waals surface area contributed by atoms with Crippen LogP contribution in [0.4, 0.5) is 11.6 Å². The molecular weight excluding hydrogens is 392 g/mol. The van der Waals surface area contributed by atoms with Gasteiger partial charge in [0.25, 0.3) is 5.56 Å². The summed E-state index contributed by atoms with van der Waals surface area (Å²) in [5.41, 5.74) is 8.71. The first-order chi connectivity index (χ1) is 15.0. The van der Waals surface area contributed by atoms with Crippen molar-refractivity contribution in [1.82, 2.24) is 14.5 Å². The molecule has 3 N–H and O–H groups in total. The number of aromatic nitrogens is 3. The number of nitrogens with zero attached hydrogens (tertiary/aromatic N) is 4. The van der Waals surface area contributed by atoms with E-state index in [4.69, 9.17) is 10.7 Å². The van der Waals surface area contributed by atoms with E-state index in [1.807, 2.05) is 30.3 Å². The molecule has 3 heterocycles. The lowest BCUT2D eigenvalue weighted by Gasteiger charge is -2.22. The van der Waals surface area contributed by atoms with E-state index in [0.29, 0.717) is 43.3 Å². The fourth-order valence-electron chi connectivity index (χ4n) is 3.80. The Morgan fingerprint density at radius 2 is 1.87 bits per heavy atom. The molecule has 0 bridgehead atoms. The monoisotopic (exact) mass is 418 g/mol. The SMILES string of the molecule is Cn1c(NC[C@H](N)Cc2ccccc2)nc(-c2ccncc2)c(N2CCCC2=O)c1=O. The molecule has 1 fully saturated rings. The first-order valence-electron chi connectivity index (χ1n) is 10.4. The summed E-state index contributed by atoms with van der Waals surface area (Å²) in [4.78, 5) is 36.0. The van der Waals surface area contributed by atoms with Gasteiger partial charge >= 0.3 is 0 Å². The van der Waals surface area contributed by atoms with E-state index in [1.54, 1.807) is 36.5 Å². The van der Waals surface area contributed by atoms with E-state index in [0.717, 1.165) is 17.5 Å². The number of nitrogens with one attached hydrogen (secondary N) is 1. The van der Waals surface area contributed by atoms with Gasteiger partial charge in [0.2, 0.25) is 11.9 Å². The number of nitrogens with two attached hydrogens (primary N) is 1. The highest BCUT2D eigenvalue weighted by Gasteiger charge is 2.29. The zero-order valence-corrected chi connectivity index (χ0v) is 17.5. The van der Waals surface area contributed by atoms with Gasteiger partial charge in [0.05, 0.1) is 0 Å².